The quantitative estimate of drug-likeness (QED) is 0.528. The summed E-state index contributed by atoms with van der Waals surface area (Å²) in [5.41, 5.74) is 5.92. The van der Waals surface area contributed by atoms with Crippen molar-refractivity contribution in [2.24, 2.45) is 0 Å². The summed E-state index contributed by atoms with van der Waals surface area (Å²) in [4.78, 5) is 0. The molecule has 0 radical (unpaired) electrons. The van der Waals surface area contributed by atoms with E-state index in [9.17, 15) is 5.26 Å². The van der Waals surface area contributed by atoms with Crippen LogP contribution in [0.25, 0.3) is 22.6 Å². The number of ether oxygens (including phenoxy) is 1. The molecule has 0 spiro atoms. The van der Waals surface area contributed by atoms with E-state index in [0.29, 0.717) is 23.1 Å². The van der Waals surface area contributed by atoms with Gasteiger partial charge in [-0.1, -0.05) is 23.4 Å². The summed E-state index contributed by atoms with van der Waals surface area (Å²) in [6.45, 7) is 5.77. The third-order valence-electron chi connectivity index (χ3n) is 5.57. The van der Waals surface area contributed by atoms with Gasteiger partial charge in [0.25, 0.3) is 0 Å². The predicted molar refractivity (Wildman–Crippen MR) is 121 cm³/mol. The van der Waals surface area contributed by atoms with E-state index in [1.54, 1.807) is 6.07 Å². The number of aromatic nitrogens is 1. The average Bonchev–Trinajstić information content (AvgIpc) is 3.41. The van der Waals surface area contributed by atoms with Gasteiger partial charge >= 0.3 is 0 Å². The molecule has 6 nitrogen and oxygen atoms in total. The van der Waals surface area contributed by atoms with Gasteiger partial charge in [0.1, 0.15) is 17.5 Å². The fourth-order valence-corrected chi connectivity index (χ4v) is 4.14. The second-order valence-electron chi connectivity index (χ2n) is 8.09. The predicted octanol–water partition coefficient (Wildman–Crippen LogP) is 4.46. The number of hydrogen-bond acceptors (Lipinski definition) is 6. The van der Waals surface area contributed by atoms with Crippen LogP contribution in [0.2, 0.25) is 0 Å². The first-order valence-electron chi connectivity index (χ1n) is 10.8. The van der Waals surface area contributed by atoms with Crippen LogP contribution >= 0.6 is 0 Å². The lowest BCUT2D eigenvalue weighted by molar-refractivity contribution is 0.242. The first-order chi connectivity index (χ1) is 15.1. The number of nitrogens with one attached hydrogen (secondary N) is 2. The Morgan fingerprint density at radius 1 is 1.23 bits per heavy atom. The van der Waals surface area contributed by atoms with Crippen LogP contribution in [-0.4, -0.2) is 31.4 Å². The molecule has 2 N–H and O–H groups in total. The molecular weight excluding hydrogens is 388 g/mol. The van der Waals surface area contributed by atoms with E-state index < -0.39 is 0 Å². The lowest BCUT2D eigenvalue weighted by Gasteiger charge is -2.14. The van der Waals surface area contributed by atoms with Crippen molar-refractivity contribution in [3.8, 4) is 34.4 Å². The SMILES string of the molecule is CNCCNC1CCc2c(-c3cc(-c4ccc(OC(C)C)c(C#N)c4)on3)cccc21. The van der Waals surface area contributed by atoms with Crippen molar-refractivity contribution in [1.82, 2.24) is 15.8 Å². The van der Waals surface area contributed by atoms with Gasteiger partial charge in [0.05, 0.1) is 11.7 Å². The molecule has 1 unspecified atom stereocenters. The molecule has 0 amide bonds. The Bertz CT molecular complexity index is 1100. The average molecular weight is 417 g/mol. The number of fused-ring (bicyclic) bond motifs is 1. The molecular formula is C25H28N4O2. The molecule has 0 saturated heterocycles. The maximum Gasteiger partial charge on any atom is 0.167 e. The fraction of sp³-hybridized carbons (Fsp3) is 0.360. The highest BCUT2D eigenvalue weighted by Gasteiger charge is 2.25. The molecule has 6 heteroatoms. The van der Waals surface area contributed by atoms with Crippen molar-refractivity contribution in [3.63, 3.8) is 0 Å². The summed E-state index contributed by atoms with van der Waals surface area (Å²) in [6.07, 6.45) is 2.11. The lowest BCUT2D eigenvalue weighted by Crippen LogP contribution is -2.27. The molecule has 0 aliphatic heterocycles. The summed E-state index contributed by atoms with van der Waals surface area (Å²) in [5.74, 6) is 1.22. The highest BCUT2D eigenvalue weighted by molar-refractivity contribution is 5.72. The van der Waals surface area contributed by atoms with Gasteiger partial charge in [-0.05, 0) is 63.1 Å². The minimum absolute atomic E-state index is 0.00607. The zero-order valence-corrected chi connectivity index (χ0v) is 18.2. The number of nitriles is 1. The van der Waals surface area contributed by atoms with Gasteiger partial charge in [0.2, 0.25) is 0 Å². The molecule has 1 heterocycles. The van der Waals surface area contributed by atoms with Crippen LogP contribution in [0.4, 0.5) is 0 Å². The number of likely N-dealkylation sites (N-methyl/N-ethyl adjacent to an activating group) is 1. The van der Waals surface area contributed by atoms with E-state index in [-0.39, 0.29) is 6.10 Å². The Kier molecular flexibility index (Phi) is 6.36. The van der Waals surface area contributed by atoms with Crippen LogP contribution < -0.4 is 15.4 Å². The largest absolute Gasteiger partial charge is 0.490 e. The summed E-state index contributed by atoms with van der Waals surface area (Å²) in [7, 11) is 1.97. The van der Waals surface area contributed by atoms with Crippen LogP contribution in [0.5, 0.6) is 5.75 Å². The summed E-state index contributed by atoms with van der Waals surface area (Å²) in [6, 6.07) is 16.5. The molecule has 1 aliphatic carbocycles. The summed E-state index contributed by atoms with van der Waals surface area (Å²) < 4.78 is 11.4. The molecule has 2 aromatic carbocycles. The van der Waals surface area contributed by atoms with Gasteiger partial charge in [-0.15, -0.1) is 0 Å². The van der Waals surface area contributed by atoms with E-state index in [4.69, 9.17) is 9.26 Å². The van der Waals surface area contributed by atoms with Gasteiger partial charge in [0, 0.05) is 36.3 Å². The van der Waals surface area contributed by atoms with Crippen LogP contribution in [0.3, 0.4) is 0 Å². The maximum atomic E-state index is 9.51. The molecule has 0 saturated carbocycles. The number of hydrogen-bond donors (Lipinski definition) is 2. The molecule has 1 atom stereocenters. The van der Waals surface area contributed by atoms with E-state index >= 15 is 0 Å². The zero-order chi connectivity index (χ0) is 21.8. The molecule has 31 heavy (non-hydrogen) atoms. The zero-order valence-electron chi connectivity index (χ0n) is 18.2. The maximum absolute atomic E-state index is 9.51. The second-order valence-corrected chi connectivity index (χ2v) is 8.09. The first kappa shape index (κ1) is 21.1. The van der Waals surface area contributed by atoms with E-state index in [1.165, 1.54) is 11.1 Å². The van der Waals surface area contributed by atoms with Crippen molar-refractivity contribution in [1.29, 1.82) is 5.26 Å². The Labute approximate surface area is 183 Å². The Hall–Kier alpha value is -3.14. The minimum atomic E-state index is 0.00607. The molecule has 4 rings (SSSR count). The van der Waals surface area contributed by atoms with Crippen molar-refractivity contribution < 1.29 is 9.26 Å². The third-order valence-corrected chi connectivity index (χ3v) is 5.57. The Balaban J connectivity index is 1.60. The fourth-order valence-electron chi connectivity index (χ4n) is 4.14. The van der Waals surface area contributed by atoms with Crippen molar-refractivity contribution in [3.05, 3.63) is 59.2 Å². The third kappa shape index (κ3) is 4.48. The summed E-state index contributed by atoms with van der Waals surface area (Å²) in [5, 5.41) is 20.7. The van der Waals surface area contributed by atoms with Crippen molar-refractivity contribution >= 4 is 0 Å². The molecule has 1 aromatic heterocycles. The highest BCUT2D eigenvalue weighted by Crippen LogP contribution is 2.38. The first-order valence-corrected chi connectivity index (χ1v) is 10.8. The smallest absolute Gasteiger partial charge is 0.167 e. The van der Waals surface area contributed by atoms with Gasteiger partial charge in [0.15, 0.2) is 5.76 Å². The van der Waals surface area contributed by atoms with Gasteiger partial charge in [-0.2, -0.15) is 5.26 Å². The van der Waals surface area contributed by atoms with E-state index in [1.807, 2.05) is 39.1 Å². The molecule has 1 aliphatic rings. The highest BCUT2D eigenvalue weighted by atomic mass is 16.5. The monoisotopic (exact) mass is 416 g/mol. The number of rotatable bonds is 8. The van der Waals surface area contributed by atoms with Crippen LogP contribution in [0.15, 0.2) is 47.0 Å². The van der Waals surface area contributed by atoms with Crippen molar-refractivity contribution in [2.75, 3.05) is 20.1 Å². The minimum Gasteiger partial charge on any atom is -0.490 e. The van der Waals surface area contributed by atoms with Gasteiger partial charge in [-0.25, -0.2) is 0 Å². The standard InChI is InChI=1S/C25H28N4O2/c1-16(2)30-24-10-7-17(13-18(24)15-26)25-14-23(29-31-25)21-6-4-5-20-19(21)8-9-22(20)28-12-11-27-3/h4-7,10,13-14,16,22,27-28H,8-9,11-12H2,1-3H3. The lowest BCUT2D eigenvalue weighted by atomic mass is 9.99. The van der Waals surface area contributed by atoms with E-state index in [0.717, 1.165) is 42.8 Å². The second kappa shape index (κ2) is 9.34. The summed E-state index contributed by atoms with van der Waals surface area (Å²) >= 11 is 0. The van der Waals surface area contributed by atoms with Crippen LogP contribution in [-0.2, 0) is 6.42 Å². The van der Waals surface area contributed by atoms with Crippen LogP contribution in [0.1, 0.15) is 43.0 Å². The molecule has 160 valence electrons. The number of nitrogens with zero attached hydrogens (tertiary/aromatic N) is 2. The molecule has 3 aromatic rings. The van der Waals surface area contributed by atoms with Crippen LogP contribution in [0, 0.1) is 11.3 Å². The van der Waals surface area contributed by atoms with Crippen molar-refractivity contribution in [2.45, 2.75) is 38.8 Å². The molecule has 0 fully saturated rings. The van der Waals surface area contributed by atoms with Gasteiger partial charge in [-0.3, -0.25) is 0 Å². The van der Waals surface area contributed by atoms with Gasteiger partial charge < -0.3 is 19.9 Å². The Morgan fingerprint density at radius 2 is 2.10 bits per heavy atom. The Morgan fingerprint density at radius 3 is 2.87 bits per heavy atom. The number of benzene rings is 2. The molecule has 0 bridgehead atoms. The van der Waals surface area contributed by atoms with E-state index in [2.05, 4.69) is 40.1 Å². The normalized spacial score (nSPS) is 15.1. The topological polar surface area (TPSA) is 83.1 Å².